The Hall–Kier alpha value is -2.82. The molecular formula is C22H27N3O2. The number of hydrogen-bond acceptors (Lipinski definition) is 2. The topological polar surface area (TPSA) is 52.7 Å². The molecule has 1 aliphatic rings. The van der Waals surface area contributed by atoms with Crippen LogP contribution in [0.1, 0.15) is 43.1 Å². The Bertz CT molecular complexity index is 812. The highest BCUT2D eigenvalue weighted by Crippen LogP contribution is 2.23. The molecule has 3 amide bonds. The van der Waals surface area contributed by atoms with E-state index in [1.54, 1.807) is 17.0 Å². The van der Waals surface area contributed by atoms with E-state index < -0.39 is 0 Å². The van der Waals surface area contributed by atoms with Gasteiger partial charge in [-0.1, -0.05) is 36.4 Å². The van der Waals surface area contributed by atoms with Gasteiger partial charge in [0.05, 0.1) is 0 Å². The standard InChI is InChI=1S/C22H27N3O2/c1-22(2,3)23-20(26)18-11-7-12-19(15-18)25-14-8-13-24(21(25)27)16-17-9-5-4-6-10-17/h4-7,9-12,15H,8,13-14,16H2,1-3H3,(H,23,26). The van der Waals surface area contributed by atoms with Crippen LogP contribution in [0.3, 0.4) is 0 Å². The fourth-order valence-corrected chi connectivity index (χ4v) is 3.20. The molecule has 1 aliphatic heterocycles. The summed E-state index contributed by atoms with van der Waals surface area (Å²) in [6.45, 7) is 7.85. The van der Waals surface area contributed by atoms with Gasteiger partial charge in [0.1, 0.15) is 0 Å². The molecule has 0 spiro atoms. The SMILES string of the molecule is CC(C)(C)NC(=O)c1cccc(N2CCCN(Cc3ccccc3)C2=O)c1. The second-order valence-electron chi connectivity index (χ2n) is 7.95. The van der Waals surface area contributed by atoms with Gasteiger partial charge in [-0.2, -0.15) is 0 Å². The van der Waals surface area contributed by atoms with Crippen LogP contribution >= 0.6 is 0 Å². The first-order valence-corrected chi connectivity index (χ1v) is 9.36. The average molecular weight is 365 g/mol. The van der Waals surface area contributed by atoms with Crippen molar-refractivity contribution in [3.8, 4) is 0 Å². The predicted molar refractivity (Wildman–Crippen MR) is 108 cm³/mol. The molecule has 0 atom stereocenters. The molecule has 3 rings (SSSR count). The molecule has 1 N–H and O–H groups in total. The summed E-state index contributed by atoms with van der Waals surface area (Å²) in [4.78, 5) is 29.1. The molecule has 2 aromatic rings. The molecule has 2 aromatic carbocycles. The zero-order valence-electron chi connectivity index (χ0n) is 16.2. The van der Waals surface area contributed by atoms with Crippen LogP contribution in [-0.2, 0) is 6.54 Å². The van der Waals surface area contributed by atoms with Gasteiger partial charge in [0.2, 0.25) is 0 Å². The number of urea groups is 1. The molecule has 142 valence electrons. The summed E-state index contributed by atoms with van der Waals surface area (Å²) >= 11 is 0. The van der Waals surface area contributed by atoms with Gasteiger partial charge in [0, 0.05) is 36.4 Å². The Balaban J connectivity index is 1.76. The van der Waals surface area contributed by atoms with E-state index in [1.165, 1.54) is 0 Å². The van der Waals surface area contributed by atoms with Crippen molar-refractivity contribution in [2.75, 3.05) is 18.0 Å². The van der Waals surface area contributed by atoms with E-state index in [0.717, 1.165) is 24.2 Å². The lowest BCUT2D eigenvalue weighted by Crippen LogP contribution is -2.49. The lowest BCUT2D eigenvalue weighted by Gasteiger charge is -2.36. The van der Waals surface area contributed by atoms with E-state index >= 15 is 0 Å². The van der Waals surface area contributed by atoms with Crippen LogP contribution in [0.25, 0.3) is 0 Å². The highest BCUT2D eigenvalue weighted by atomic mass is 16.2. The summed E-state index contributed by atoms with van der Waals surface area (Å²) in [6, 6.07) is 17.3. The van der Waals surface area contributed by atoms with Crippen LogP contribution < -0.4 is 10.2 Å². The van der Waals surface area contributed by atoms with Crippen molar-refractivity contribution in [1.29, 1.82) is 0 Å². The maximum atomic E-state index is 13.0. The van der Waals surface area contributed by atoms with Gasteiger partial charge in [-0.05, 0) is 51.0 Å². The average Bonchev–Trinajstić information content (AvgIpc) is 2.63. The first-order chi connectivity index (χ1) is 12.8. The molecule has 0 bridgehead atoms. The third-order valence-corrected chi connectivity index (χ3v) is 4.44. The third-order valence-electron chi connectivity index (χ3n) is 4.44. The minimum Gasteiger partial charge on any atom is -0.347 e. The maximum absolute atomic E-state index is 13.0. The summed E-state index contributed by atoms with van der Waals surface area (Å²) < 4.78 is 0. The Morgan fingerprint density at radius 3 is 2.48 bits per heavy atom. The van der Waals surface area contributed by atoms with Gasteiger partial charge < -0.3 is 10.2 Å². The molecule has 5 heteroatoms. The molecule has 1 fully saturated rings. The largest absolute Gasteiger partial charge is 0.347 e. The van der Waals surface area contributed by atoms with Gasteiger partial charge >= 0.3 is 6.03 Å². The Morgan fingerprint density at radius 2 is 1.78 bits per heavy atom. The summed E-state index contributed by atoms with van der Waals surface area (Å²) in [6.07, 6.45) is 0.900. The zero-order chi connectivity index (χ0) is 19.4. The van der Waals surface area contributed by atoms with E-state index in [0.29, 0.717) is 18.7 Å². The molecule has 0 aliphatic carbocycles. The number of rotatable bonds is 4. The highest BCUT2D eigenvalue weighted by Gasteiger charge is 2.27. The molecule has 5 nitrogen and oxygen atoms in total. The molecule has 0 unspecified atom stereocenters. The van der Waals surface area contributed by atoms with Crippen molar-refractivity contribution in [2.24, 2.45) is 0 Å². The first kappa shape index (κ1) is 19.0. The van der Waals surface area contributed by atoms with Crippen molar-refractivity contribution < 1.29 is 9.59 Å². The number of carbonyl (C=O) groups is 2. The van der Waals surface area contributed by atoms with E-state index in [2.05, 4.69) is 5.32 Å². The minimum absolute atomic E-state index is 0.0153. The van der Waals surface area contributed by atoms with Crippen LogP contribution in [0.4, 0.5) is 10.5 Å². The van der Waals surface area contributed by atoms with Crippen molar-refractivity contribution in [2.45, 2.75) is 39.3 Å². The number of carbonyl (C=O) groups excluding carboxylic acids is 2. The number of benzene rings is 2. The number of hydrogen-bond donors (Lipinski definition) is 1. The van der Waals surface area contributed by atoms with Crippen LogP contribution in [0.5, 0.6) is 0 Å². The molecular weight excluding hydrogens is 338 g/mol. The predicted octanol–water partition coefficient (Wildman–Crippen LogP) is 4.05. The maximum Gasteiger partial charge on any atom is 0.324 e. The van der Waals surface area contributed by atoms with Crippen molar-refractivity contribution in [1.82, 2.24) is 10.2 Å². The van der Waals surface area contributed by atoms with Crippen molar-refractivity contribution in [3.05, 3.63) is 65.7 Å². The molecule has 0 saturated carbocycles. The van der Waals surface area contributed by atoms with Crippen molar-refractivity contribution >= 4 is 17.6 Å². The van der Waals surface area contributed by atoms with Gasteiger partial charge in [0.25, 0.3) is 5.91 Å². The van der Waals surface area contributed by atoms with Crippen LogP contribution in [0.15, 0.2) is 54.6 Å². The fourth-order valence-electron chi connectivity index (χ4n) is 3.20. The van der Waals surface area contributed by atoms with Gasteiger partial charge in [-0.25, -0.2) is 4.79 Å². The third kappa shape index (κ3) is 4.88. The summed E-state index contributed by atoms with van der Waals surface area (Å²) in [7, 11) is 0. The normalized spacial score (nSPS) is 15.0. The second-order valence-corrected chi connectivity index (χ2v) is 7.95. The fraction of sp³-hybridized carbons (Fsp3) is 0.364. The van der Waals surface area contributed by atoms with Gasteiger partial charge in [-0.15, -0.1) is 0 Å². The molecule has 0 radical (unpaired) electrons. The number of nitrogens with zero attached hydrogens (tertiary/aromatic N) is 2. The number of amides is 3. The monoisotopic (exact) mass is 365 g/mol. The van der Waals surface area contributed by atoms with E-state index in [1.807, 2.05) is 68.1 Å². The Labute approximate surface area is 161 Å². The molecule has 1 heterocycles. The summed E-state index contributed by atoms with van der Waals surface area (Å²) in [5, 5.41) is 2.97. The first-order valence-electron chi connectivity index (χ1n) is 9.36. The molecule has 27 heavy (non-hydrogen) atoms. The smallest absolute Gasteiger partial charge is 0.324 e. The minimum atomic E-state index is -0.305. The quantitative estimate of drug-likeness (QED) is 0.889. The lowest BCUT2D eigenvalue weighted by atomic mass is 10.1. The van der Waals surface area contributed by atoms with E-state index in [9.17, 15) is 9.59 Å². The van der Waals surface area contributed by atoms with Gasteiger partial charge in [0.15, 0.2) is 0 Å². The zero-order valence-corrected chi connectivity index (χ0v) is 16.2. The second kappa shape index (κ2) is 7.82. The van der Waals surface area contributed by atoms with Crippen molar-refractivity contribution in [3.63, 3.8) is 0 Å². The van der Waals surface area contributed by atoms with Crippen LogP contribution in [0, 0.1) is 0 Å². The van der Waals surface area contributed by atoms with Crippen LogP contribution in [-0.4, -0.2) is 35.5 Å². The molecule has 1 saturated heterocycles. The Morgan fingerprint density at radius 1 is 1.04 bits per heavy atom. The van der Waals surface area contributed by atoms with Crippen LogP contribution in [0.2, 0.25) is 0 Å². The number of nitrogens with one attached hydrogen (secondary N) is 1. The highest BCUT2D eigenvalue weighted by molar-refractivity contribution is 5.98. The van der Waals surface area contributed by atoms with Gasteiger partial charge in [-0.3, -0.25) is 9.69 Å². The lowest BCUT2D eigenvalue weighted by molar-refractivity contribution is 0.0919. The molecule has 0 aromatic heterocycles. The number of anilines is 1. The summed E-state index contributed by atoms with van der Waals surface area (Å²) in [5.41, 5.74) is 2.14. The van der Waals surface area contributed by atoms with E-state index in [4.69, 9.17) is 0 Å². The Kier molecular flexibility index (Phi) is 5.49. The summed E-state index contributed by atoms with van der Waals surface area (Å²) in [5.74, 6) is -0.130. The van der Waals surface area contributed by atoms with E-state index in [-0.39, 0.29) is 17.5 Å².